The monoisotopic (exact) mass is 352 g/mol. The first-order valence-corrected chi connectivity index (χ1v) is 9.08. The molecule has 2 N–H and O–H groups in total. The molecule has 1 saturated carbocycles. The molecule has 3 atom stereocenters. The van der Waals surface area contributed by atoms with Crippen LogP contribution in [0.2, 0.25) is 0 Å². The average Bonchev–Trinajstić information content (AvgIpc) is 2.50. The molecule has 1 aliphatic rings. The Morgan fingerprint density at radius 3 is 2.71 bits per heavy atom. The van der Waals surface area contributed by atoms with Crippen molar-refractivity contribution >= 4 is 15.9 Å². The molecule has 0 saturated heterocycles. The highest BCUT2D eigenvalue weighted by molar-refractivity contribution is 9.10. The van der Waals surface area contributed by atoms with Crippen molar-refractivity contribution in [2.24, 2.45) is 17.6 Å². The van der Waals surface area contributed by atoms with E-state index in [0.717, 1.165) is 19.0 Å². The second-order valence-electron chi connectivity index (χ2n) is 6.54. The highest BCUT2D eigenvalue weighted by Crippen LogP contribution is 2.34. The van der Waals surface area contributed by atoms with Crippen LogP contribution in [0.15, 0.2) is 28.7 Å². The van der Waals surface area contributed by atoms with Crippen LogP contribution in [0.5, 0.6) is 0 Å². The lowest BCUT2D eigenvalue weighted by atomic mass is 9.76. The predicted molar refractivity (Wildman–Crippen MR) is 94.2 cm³/mol. The lowest BCUT2D eigenvalue weighted by molar-refractivity contribution is 0.0945. The average molecular weight is 353 g/mol. The van der Waals surface area contributed by atoms with Gasteiger partial charge in [-0.15, -0.1) is 0 Å². The van der Waals surface area contributed by atoms with Crippen molar-refractivity contribution in [1.29, 1.82) is 0 Å². The van der Waals surface area contributed by atoms with Crippen molar-refractivity contribution in [3.8, 4) is 0 Å². The first kappa shape index (κ1) is 17.0. The lowest BCUT2D eigenvalue weighted by Gasteiger charge is -2.41. The number of rotatable bonds is 6. The van der Waals surface area contributed by atoms with E-state index in [9.17, 15) is 0 Å². The summed E-state index contributed by atoms with van der Waals surface area (Å²) >= 11 is 3.67. The second-order valence-corrected chi connectivity index (χ2v) is 7.39. The molecule has 21 heavy (non-hydrogen) atoms. The second kappa shape index (κ2) is 8.30. The molecule has 0 aromatic heterocycles. The van der Waals surface area contributed by atoms with Crippen LogP contribution in [-0.2, 0) is 6.54 Å². The molecular formula is C18H29BrN2. The van der Waals surface area contributed by atoms with Crippen molar-refractivity contribution in [1.82, 2.24) is 4.90 Å². The summed E-state index contributed by atoms with van der Waals surface area (Å²) in [6, 6.07) is 9.17. The third-order valence-corrected chi connectivity index (χ3v) is 5.78. The van der Waals surface area contributed by atoms with Gasteiger partial charge in [0.05, 0.1) is 0 Å². The van der Waals surface area contributed by atoms with Crippen LogP contribution in [0.4, 0.5) is 0 Å². The molecule has 118 valence electrons. The van der Waals surface area contributed by atoms with Crippen LogP contribution in [0, 0.1) is 11.8 Å². The first-order chi connectivity index (χ1) is 10.2. The van der Waals surface area contributed by atoms with E-state index in [1.807, 2.05) is 0 Å². The fourth-order valence-electron chi connectivity index (χ4n) is 3.79. The van der Waals surface area contributed by atoms with Gasteiger partial charge in [0, 0.05) is 17.1 Å². The minimum absolute atomic E-state index is 0.632. The van der Waals surface area contributed by atoms with Gasteiger partial charge in [-0.1, -0.05) is 60.3 Å². The fraction of sp³-hybridized carbons (Fsp3) is 0.667. The van der Waals surface area contributed by atoms with Crippen LogP contribution >= 0.6 is 15.9 Å². The van der Waals surface area contributed by atoms with E-state index in [0.29, 0.717) is 12.0 Å². The van der Waals surface area contributed by atoms with E-state index >= 15 is 0 Å². The van der Waals surface area contributed by atoms with Gasteiger partial charge in [0.25, 0.3) is 0 Å². The highest BCUT2D eigenvalue weighted by atomic mass is 79.9. The molecule has 0 heterocycles. The molecule has 3 heteroatoms. The van der Waals surface area contributed by atoms with Gasteiger partial charge in [0.15, 0.2) is 0 Å². The van der Waals surface area contributed by atoms with Crippen LogP contribution in [0.1, 0.15) is 44.6 Å². The fourth-order valence-corrected chi connectivity index (χ4v) is 4.20. The minimum atomic E-state index is 0.632. The Morgan fingerprint density at radius 1 is 1.29 bits per heavy atom. The van der Waals surface area contributed by atoms with Gasteiger partial charge in [-0.2, -0.15) is 0 Å². The molecule has 0 spiro atoms. The van der Waals surface area contributed by atoms with E-state index in [1.165, 1.54) is 42.1 Å². The summed E-state index contributed by atoms with van der Waals surface area (Å²) < 4.78 is 1.21. The predicted octanol–water partition coefficient (Wildman–Crippen LogP) is 4.42. The smallest absolute Gasteiger partial charge is 0.0244 e. The normalized spacial score (nSPS) is 26.2. The van der Waals surface area contributed by atoms with Gasteiger partial charge in [-0.3, -0.25) is 4.90 Å². The zero-order valence-electron chi connectivity index (χ0n) is 13.4. The maximum Gasteiger partial charge on any atom is 0.0244 e. The molecule has 1 aromatic carbocycles. The molecule has 1 aliphatic carbocycles. The maximum atomic E-state index is 6.04. The SMILES string of the molecule is CCCC1CCC(CN)C(N(C)Cc2ccccc2Br)C1. The third kappa shape index (κ3) is 4.54. The third-order valence-electron chi connectivity index (χ3n) is 5.01. The minimum Gasteiger partial charge on any atom is -0.330 e. The highest BCUT2D eigenvalue weighted by Gasteiger charge is 2.31. The summed E-state index contributed by atoms with van der Waals surface area (Å²) in [4.78, 5) is 2.53. The molecule has 2 rings (SSSR count). The molecule has 1 fully saturated rings. The standard InChI is InChI=1S/C18H29BrN2/c1-3-6-14-9-10-15(12-20)18(11-14)21(2)13-16-7-4-5-8-17(16)19/h4-5,7-8,14-15,18H,3,6,9-13,20H2,1-2H3. The van der Waals surface area contributed by atoms with Gasteiger partial charge in [0.2, 0.25) is 0 Å². The topological polar surface area (TPSA) is 29.3 Å². The Bertz CT molecular complexity index is 435. The summed E-state index contributed by atoms with van der Waals surface area (Å²) in [5.74, 6) is 1.55. The van der Waals surface area contributed by atoms with Crippen LogP contribution in [0.25, 0.3) is 0 Å². The van der Waals surface area contributed by atoms with Gasteiger partial charge >= 0.3 is 0 Å². The summed E-state index contributed by atoms with van der Waals surface area (Å²) in [5, 5.41) is 0. The van der Waals surface area contributed by atoms with Gasteiger partial charge in [-0.05, 0) is 49.9 Å². The summed E-state index contributed by atoms with van der Waals surface area (Å²) in [5.41, 5.74) is 7.41. The largest absolute Gasteiger partial charge is 0.330 e. The lowest BCUT2D eigenvalue weighted by Crippen LogP contribution is -2.44. The Kier molecular flexibility index (Phi) is 6.72. The van der Waals surface area contributed by atoms with Crippen molar-refractivity contribution in [3.05, 3.63) is 34.3 Å². The van der Waals surface area contributed by atoms with E-state index in [-0.39, 0.29) is 0 Å². The van der Waals surface area contributed by atoms with Crippen LogP contribution < -0.4 is 5.73 Å². The van der Waals surface area contributed by atoms with E-state index < -0.39 is 0 Å². The number of hydrogen-bond donors (Lipinski definition) is 1. The van der Waals surface area contributed by atoms with E-state index in [2.05, 4.69) is 59.1 Å². The van der Waals surface area contributed by atoms with E-state index in [4.69, 9.17) is 5.73 Å². The molecule has 0 aliphatic heterocycles. The molecule has 3 unspecified atom stereocenters. The van der Waals surface area contributed by atoms with Crippen molar-refractivity contribution in [3.63, 3.8) is 0 Å². The number of nitrogens with two attached hydrogens (primary N) is 1. The molecule has 0 amide bonds. The Hall–Kier alpha value is -0.380. The quantitative estimate of drug-likeness (QED) is 0.820. The van der Waals surface area contributed by atoms with E-state index in [1.54, 1.807) is 0 Å². The number of benzene rings is 1. The zero-order valence-corrected chi connectivity index (χ0v) is 15.0. The van der Waals surface area contributed by atoms with Crippen LogP contribution in [-0.4, -0.2) is 24.5 Å². The Labute approximate surface area is 138 Å². The molecule has 0 bridgehead atoms. The van der Waals surface area contributed by atoms with Crippen molar-refractivity contribution < 1.29 is 0 Å². The van der Waals surface area contributed by atoms with Gasteiger partial charge in [-0.25, -0.2) is 0 Å². The van der Waals surface area contributed by atoms with Crippen molar-refractivity contribution in [2.75, 3.05) is 13.6 Å². The molecule has 1 aromatic rings. The summed E-state index contributed by atoms with van der Waals surface area (Å²) in [6.07, 6.45) is 6.66. The van der Waals surface area contributed by atoms with Gasteiger partial charge in [0.1, 0.15) is 0 Å². The Morgan fingerprint density at radius 2 is 2.05 bits per heavy atom. The number of hydrogen-bond acceptors (Lipinski definition) is 2. The number of halogens is 1. The molecular weight excluding hydrogens is 324 g/mol. The van der Waals surface area contributed by atoms with Crippen LogP contribution in [0.3, 0.4) is 0 Å². The number of nitrogens with zero attached hydrogens (tertiary/aromatic N) is 1. The Balaban J connectivity index is 2.03. The summed E-state index contributed by atoms with van der Waals surface area (Å²) in [6.45, 7) is 4.13. The first-order valence-electron chi connectivity index (χ1n) is 8.29. The zero-order chi connectivity index (χ0) is 15.2. The van der Waals surface area contributed by atoms with Crippen molar-refractivity contribution in [2.45, 2.75) is 51.6 Å². The van der Waals surface area contributed by atoms with Gasteiger partial charge < -0.3 is 5.73 Å². The molecule has 0 radical (unpaired) electrons. The maximum absolute atomic E-state index is 6.04. The molecule has 2 nitrogen and oxygen atoms in total. The summed E-state index contributed by atoms with van der Waals surface area (Å²) in [7, 11) is 2.26.